The van der Waals surface area contributed by atoms with Crippen molar-refractivity contribution in [2.75, 3.05) is 11.2 Å². The van der Waals surface area contributed by atoms with Gasteiger partial charge in [0.05, 0.1) is 0 Å². The Morgan fingerprint density at radius 2 is 2.35 bits per heavy atom. The second-order valence-electron chi connectivity index (χ2n) is 4.10. The molecule has 0 aliphatic rings. The molecule has 0 saturated carbocycles. The van der Waals surface area contributed by atoms with E-state index in [0.29, 0.717) is 23.3 Å². The predicted octanol–water partition coefficient (Wildman–Crippen LogP) is 1.09. The van der Waals surface area contributed by atoms with Crippen molar-refractivity contribution in [2.24, 2.45) is 5.92 Å². The lowest BCUT2D eigenvalue weighted by atomic mass is 10.1. The van der Waals surface area contributed by atoms with Crippen LogP contribution >= 0.6 is 11.6 Å². The summed E-state index contributed by atoms with van der Waals surface area (Å²) in [6, 6.07) is 1.92. The van der Waals surface area contributed by atoms with Crippen LogP contribution in [0.1, 0.15) is 13.8 Å². The SMILES string of the molecule is CC(CCl)C(C)Nc1cc2n[nH]c(=O)n2cn1. The van der Waals surface area contributed by atoms with E-state index in [1.807, 2.05) is 6.92 Å². The highest BCUT2D eigenvalue weighted by Gasteiger charge is 2.11. The van der Waals surface area contributed by atoms with Gasteiger partial charge >= 0.3 is 5.69 Å². The zero-order chi connectivity index (χ0) is 12.4. The summed E-state index contributed by atoms with van der Waals surface area (Å²) in [6.07, 6.45) is 1.45. The fraction of sp³-hybridized carbons (Fsp3) is 0.500. The van der Waals surface area contributed by atoms with Gasteiger partial charge in [-0.2, -0.15) is 5.10 Å². The molecule has 0 aromatic carbocycles. The van der Waals surface area contributed by atoms with Gasteiger partial charge in [-0.15, -0.1) is 11.6 Å². The summed E-state index contributed by atoms with van der Waals surface area (Å²) in [5.74, 6) is 1.59. The fourth-order valence-corrected chi connectivity index (χ4v) is 1.67. The summed E-state index contributed by atoms with van der Waals surface area (Å²) in [5, 5.41) is 9.46. The minimum Gasteiger partial charge on any atom is -0.367 e. The van der Waals surface area contributed by atoms with Crippen LogP contribution in [0.25, 0.3) is 5.65 Å². The Balaban J connectivity index is 2.22. The molecule has 0 amide bonds. The van der Waals surface area contributed by atoms with E-state index in [2.05, 4.69) is 27.4 Å². The van der Waals surface area contributed by atoms with Gasteiger partial charge in [-0.1, -0.05) is 6.92 Å². The Labute approximate surface area is 103 Å². The quantitative estimate of drug-likeness (QED) is 0.802. The van der Waals surface area contributed by atoms with Gasteiger partial charge in [0.1, 0.15) is 12.1 Å². The molecule has 0 spiro atoms. The van der Waals surface area contributed by atoms with Gasteiger partial charge in [-0.25, -0.2) is 19.3 Å². The topological polar surface area (TPSA) is 75.1 Å². The van der Waals surface area contributed by atoms with E-state index in [9.17, 15) is 4.79 Å². The van der Waals surface area contributed by atoms with Crippen molar-refractivity contribution in [3.63, 3.8) is 0 Å². The molecule has 0 fully saturated rings. The van der Waals surface area contributed by atoms with Gasteiger partial charge < -0.3 is 5.32 Å². The lowest BCUT2D eigenvalue weighted by Gasteiger charge is -2.19. The first-order chi connectivity index (χ1) is 8.11. The van der Waals surface area contributed by atoms with Crippen molar-refractivity contribution in [3.05, 3.63) is 22.9 Å². The smallest absolute Gasteiger partial charge is 0.348 e. The van der Waals surface area contributed by atoms with Gasteiger partial charge in [0, 0.05) is 18.0 Å². The van der Waals surface area contributed by atoms with Crippen LogP contribution < -0.4 is 11.0 Å². The molecule has 0 aliphatic heterocycles. The molecule has 0 aliphatic carbocycles. The summed E-state index contributed by atoms with van der Waals surface area (Å²) in [5.41, 5.74) is 0.249. The van der Waals surface area contributed by atoms with Crippen LogP contribution in [0, 0.1) is 5.92 Å². The number of anilines is 1. The monoisotopic (exact) mass is 255 g/mol. The molecule has 0 radical (unpaired) electrons. The highest BCUT2D eigenvalue weighted by Crippen LogP contribution is 2.12. The maximum Gasteiger partial charge on any atom is 0.348 e. The minimum absolute atomic E-state index is 0.202. The normalized spacial score (nSPS) is 14.8. The maximum absolute atomic E-state index is 11.2. The van der Waals surface area contributed by atoms with Gasteiger partial charge in [0.25, 0.3) is 0 Å². The summed E-state index contributed by atoms with van der Waals surface area (Å²) in [7, 11) is 0. The number of nitrogens with zero attached hydrogens (tertiary/aromatic N) is 3. The van der Waals surface area contributed by atoms with E-state index in [1.54, 1.807) is 6.07 Å². The van der Waals surface area contributed by atoms with Crippen molar-refractivity contribution in [3.8, 4) is 0 Å². The van der Waals surface area contributed by atoms with Crippen LogP contribution in [0.2, 0.25) is 0 Å². The van der Waals surface area contributed by atoms with Crippen LogP contribution in [0.15, 0.2) is 17.2 Å². The van der Waals surface area contributed by atoms with Crippen LogP contribution in [0.4, 0.5) is 5.82 Å². The minimum atomic E-state index is -0.291. The van der Waals surface area contributed by atoms with Gasteiger partial charge in [-0.3, -0.25) is 0 Å². The van der Waals surface area contributed by atoms with Crippen LogP contribution in [0.3, 0.4) is 0 Å². The highest BCUT2D eigenvalue weighted by atomic mass is 35.5. The van der Waals surface area contributed by atoms with E-state index >= 15 is 0 Å². The lowest BCUT2D eigenvalue weighted by molar-refractivity contribution is 0.564. The number of fused-ring (bicyclic) bond motifs is 1. The van der Waals surface area contributed by atoms with Crippen molar-refractivity contribution in [2.45, 2.75) is 19.9 Å². The Bertz CT molecular complexity index is 563. The third kappa shape index (κ3) is 2.41. The molecule has 2 aromatic heterocycles. The van der Waals surface area contributed by atoms with Gasteiger partial charge in [0.15, 0.2) is 5.65 Å². The molecule has 0 saturated heterocycles. The summed E-state index contributed by atoms with van der Waals surface area (Å²) in [6.45, 7) is 4.10. The molecular weight excluding hydrogens is 242 g/mol. The molecule has 2 rings (SSSR count). The first-order valence-corrected chi connectivity index (χ1v) is 5.90. The number of halogens is 1. The molecule has 2 unspecified atom stereocenters. The summed E-state index contributed by atoms with van der Waals surface area (Å²) in [4.78, 5) is 15.4. The van der Waals surface area contributed by atoms with E-state index in [0.717, 1.165) is 0 Å². The van der Waals surface area contributed by atoms with Crippen molar-refractivity contribution < 1.29 is 0 Å². The molecule has 2 atom stereocenters. The maximum atomic E-state index is 11.2. The molecule has 7 heteroatoms. The number of nitrogens with one attached hydrogen (secondary N) is 2. The first-order valence-electron chi connectivity index (χ1n) is 5.37. The molecule has 6 nitrogen and oxygen atoms in total. The van der Waals surface area contributed by atoms with Crippen LogP contribution in [0.5, 0.6) is 0 Å². The molecular formula is C10H14ClN5O. The Morgan fingerprint density at radius 3 is 3.06 bits per heavy atom. The van der Waals surface area contributed by atoms with E-state index < -0.39 is 0 Å². The first kappa shape index (κ1) is 11.9. The average Bonchev–Trinajstić information content (AvgIpc) is 2.69. The van der Waals surface area contributed by atoms with Gasteiger partial charge in [-0.05, 0) is 12.8 Å². The third-order valence-electron chi connectivity index (χ3n) is 2.78. The predicted molar refractivity (Wildman–Crippen MR) is 66.6 cm³/mol. The average molecular weight is 256 g/mol. The number of alkyl halides is 1. The number of rotatable bonds is 4. The van der Waals surface area contributed by atoms with Crippen LogP contribution in [-0.4, -0.2) is 31.5 Å². The molecule has 92 valence electrons. The van der Waals surface area contributed by atoms with Crippen molar-refractivity contribution in [1.82, 2.24) is 19.6 Å². The van der Waals surface area contributed by atoms with Gasteiger partial charge in [0.2, 0.25) is 0 Å². The van der Waals surface area contributed by atoms with Crippen molar-refractivity contribution >= 4 is 23.1 Å². The van der Waals surface area contributed by atoms with Crippen LogP contribution in [-0.2, 0) is 0 Å². The second-order valence-corrected chi connectivity index (χ2v) is 4.40. The lowest BCUT2D eigenvalue weighted by Crippen LogP contribution is -2.25. The summed E-state index contributed by atoms with van der Waals surface area (Å²) >= 11 is 5.79. The number of hydrogen-bond donors (Lipinski definition) is 2. The fourth-order valence-electron chi connectivity index (χ4n) is 1.40. The Hall–Kier alpha value is -1.56. The molecule has 17 heavy (non-hydrogen) atoms. The number of hydrogen-bond acceptors (Lipinski definition) is 4. The number of aromatic amines is 1. The zero-order valence-electron chi connectivity index (χ0n) is 9.64. The number of aromatic nitrogens is 4. The Morgan fingerprint density at radius 1 is 1.59 bits per heavy atom. The van der Waals surface area contributed by atoms with E-state index in [4.69, 9.17) is 11.6 Å². The number of H-pyrrole nitrogens is 1. The molecule has 2 aromatic rings. The zero-order valence-corrected chi connectivity index (χ0v) is 10.4. The summed E-state index contributed by atoms with van der Waals surface area (Å²) < 4.78 is 1.35. The van der Waals surface area contributed by atoms with E-state index in [-0.39, 0.29) is 11.7 Å². The third-order valence-corrected chi connectivity index (χ3v) is 3.27. The van der Waals surface area contributed by atoms with Crippen molar-refractivity contribution in [1.29, 1.82) is 0 Å². The molecule has 0 bridgehead atoms. The molecule has 2 N–H and O–H groups in total. The highest BCUT2D eigenvalue weighted by molar-refractivity contribution is 6.18. The van der Waals surface area contributed by atoms with E-state index in [1.165, 1.54) is 10.7 Å². The molecule has 2 heterocycles. The Kier molecular flexibility index (Phi) is 3.33. The largest absolute Gasteiger partial charge is 0.367 e. The standard InChI is InChI=1S/C10H14ClN5O/c1-6(4-11)7(2)13-8-3-9-14-15-10(17)16(9)5-12-8/h3,5-7,13H,4H2,1-2H3,(H,15,17). The second kappa shape index (κ2) is 4.75.